The van der Waals surface area contributed by atoms with Crippen molar-refractivity contribution in [1.82, 2.24) is 5.32 Å². The Balaban J connectivity index is 2.27. The molecule has 0 aromatic rings. The van der Waals surface area contributed by atoms with Crippen LogP contribution in [0.4, 0.5) is 0 Å². The maximum Gasteiger partial charge on any atom is 0.151 e. The van der Waals surface area contributed by atoms with Crippen molar-refractivity contribution >= 4 is 9.84 Å². The van der Waals surface area contributed by atoms with E-state index in [1.54, 1.807) is 0 Å². The van der Waals surface area contributed by atoms with Crippen LogP contribution in [-0.2, 0) is 9.84 Å². The molecule has 0 spiro atoms. The van der Waals surface area contributed by atoms with Crippen LogP contribution in [0.3, 0.4) is 0 Å². The lowest BCUT2D eigenvalue weighted by Gasteiger charge is -2.29. The quantitative estimate of drug-likeness (QED) is 0.797. The monoisotopic (exact) mass is 261 g/mol. The van der Waals surface area contributed by atoms with Crippen LogP contribution in [0.15, 0.2) is 0 Å². The lowest BCUT2D eigenvalue weighted by atomic mass is 9.86. The molecule has 0 saturated heterocycles. The molecule has 3 nitrogen and oxygen atoms in total. The highest BCUT2D eigenvalue weighted by Gasteiger charge is 2.21. The molecule has 0 amide bonds. The molecular formula is C13H27NO2S. The molecule has 0 heterocycles. The van der Waals surface area contributed by atoms with Gasteiger partial charge in [0.25, 0.3) is 0 Å². The van der Waals surface area contributed by atoms with Crippen molar-refractivity contribution in [2.75, 3.05) is 18.1 Å². The van der Waals surface area contributed by atoms with Gasteiger partial charge >= 0.3 is 0 Å². The average Bonchev–Trinajstić information content (AvgIpc) is 2.18. The predicted octanol–water partition coefficient (Wildman–Crippen LogP) is 2.23. The largest absolute Gasteiger partial charge is 0.313 e. The lowest BCUT2D eigenvalue weighted by molar-refractivity contribution is 0.285. The molecule has 2 atom stereocenters. The zero-order valence-corrected chi connectivity index (χ0v) is 12.2. The second-order valence-electron chi connectivity index (χ2n) is 5.83. The highest BCUT2D eigenvalue weighted by atomic mass is 32.2. The molecular weight excluding hydrogens is 234 g/mol. The maximum absolute atomic E-state index is 11.7. The summed E-state index contributed by atoms with van der Waals surface area (Å²) < 4.78 is 23.4. The third-order valence-corrected chi connectivity index (χ3v) is 5.52. The first kappa shape index (κ1) is 15.0. The number of nitrogens with one attached hydrogen (secondary N) is 1. The van der Waals surface area contributed by atoms with E-state index < -0.39 is 9.84 Å². The minimum absolute atomic E-state index is 0.230. The van der Waals surface area contributed by atoms with E-state index in [2.05, 4.69) is 12.2 Å². The van der Waals surface area contributed by atoms with Crippen LogP contribution in [0.1, 0.15) is 46.5 Å². The average molecular weight is 261 g/mol. The van der Waals surface area contributed by atoms with Gasteiger partial charge < -0.3 is 5.32 Å². The van der Waals surface area contributed by atoms with Gasteiger partial charge in [0, 0.05) is 12.6 Å². The Labute approximate surface area is 106 Å². The summed E-state index contributed by atoms with van der Waals surface area (Å²) in [6, 6.07) is 0.526. The number of hydrogen-bond donors (Lipinski definition) is 1. The molecule has 1 aliphatic carbocycles. The smallest absolute Gasteiger partial charge is 0.151 e. The molecule has 0 aliphatic heterocycles. The van der Waals surface area contributed by atoms with Crippen molar-refractivity contribution in [3.05, 3.63) is 0 Å². The lowest BCUT2D eigenvalue weighted by Crippen LogP contribution is -2.40. The zero-order chi connectivity index (χ0) is 12.9. The molecule has 1 rings (SSSR count). The normalized spacial score (nSPS) is 26.4. The Bertz CT molecular complexity index is 311. The second kappa shape index (κ2) is 6.74. The standard InChI is InChI=1S/C13H27NO2S/c1-11(2)10-17(15,16)9-8-14-13-7-5-4-6-12(13)3/h11-14H,4-10H2,1-3H3. The Kier molecular flexibility index (Phi) is 5.93. The van der Waals surface area contributed by atoms with E-state index in [0.717, 1.165) is 0 Å². The third-order valence-electron chi connectivity index (χ3n) is 3.52. The van der Waals surface area contributed by atoms with E-state index in [0.29, 0.717) is 24.3 Å². The molecule has 1 fully saturated rings. The maximum atomic E-state index is 11.7. The third kappa shape index (κ3) is 5.87. The molecule has 1 saturated carbocycles. The zero-order valence-electron chi connectivity index (χ0n) is 11.4. The molecule has 17 heavy (non-hydrogen) atoms. The van der Waals surface area contributed by atoms with Crippen molar-refractivity contribution in [1.29, 1.82) is 0 Å². The highest BCUT2D eigenvalue weighted by molar-refractivity contribution is 7.91. The van der Waals surface area contributed by atoms with Gasteiger partial charge in [-0.15, -0.1) is 0 Å². The summed E-state index contributed by atoms with van der Waals surface area (Å²) >= 11 is 0. The van der Waals surface area contributed by atoms with Crippen molar-refractivity contribution in [2.24, 2.45) is 11.8 Å². The van der Waals surface area contributed by atoms with Crippen molar-refractivity contribution < 1.29 is 8.42 Å². The van der Waals surface area contributed by atoms with Crippen LogP contribution in [-0.4, -0.2) is 32.5 Å². The predicted molar refractivity (Wildman–Crippen MR) is 72.9 cm³/mol. The first-order valence-electron chi connectivity index (χ1n) is 6.84. The first-order valence-corrected chi connectivity index (χ1v) is 8.66. The molecule has 0 radical (unpaired) electrons. The summed E-state index contributed by atoms with van der Waals surface area (Å²) in [5.41, 5.74) is 0. The van der Waals surface area contributed by atoms with E-state index in [-0.39, 0.29) is 11.7 Å². The molecule has 1 aliphatic rings. The fourth-order valence-corrected chi connectivity index (χ4v) is 4.22. The Morgan fingerprint density at radius 2 is 1.88 bits per heavy atom. The van der Waals surface area contributed by atoms with Gasteiger partial charge in [-0.05, 0) is 24.7 Å². The van der Waals surface area contributed by atoms with Gasteiger partial charge in [-0.2, -0.15) is 0 Å². The summed E-state index contributed by atoms with van der Waals surface area (Å²) in [4.78, 5) is 0. The molecule has 102 valence electrons. The van der Waals surface area contributed by atoms with E-state index in [9.17, 15) is 8.42 Å². The molecule has 1 N–H and O–H groups in total. The molecule has 0 aromatic heterocycles. The van der Waals surface area contributed by atoms with Crippen molar-refractivity contribution in [3.63, 3.8) is 0 Å². The SMILES string of the molecule is CC(C)CS(=O)(=O)CCNC1CCCCC1C. The summed E-state index contributed by atoms with van der Waals surface area (Å²) in [6.45, 7) is 6.78. The van der Waals surface area contributed by atoms with E-state index in [4.69, 9.17) is 0 Å². The number of hydrogen-bond acceptors (Lipinski definition) is 3. The molecule has 0 bridgehead atoms. The van der Waals surface area contributed by atoms with Gasteiger partial charge in [0.05, 0.1) is 11.5 Å². The highest BCUT2D eigenvalue weighted by Crippen LogP contribution is 2.23. The van der Waals surface area contributed by atoms with Gasteiger partial charge in [0.15, 0.2) is 9.84 Å². The van der Waals surface area contributed by atoms with Crippen LogP contribution < -0.4 is 5.32 Å². The van der Waals surface area contributed by atoms with Crippen LogP contribution >= 0.6 is 0 Å². The number of sulfone groups is 1. The van der Waals surface area contributed by atoms with Crippen molar-refractivity contribution in [3.8, 4) is 0 Å². The summed E-state index contributed by atoms with van der Waals surface area (Å²) in [6.07, 6.45) is 5.08. The first-order chi connectivity index (χ1) is 7.91. The topological polar surface area (TPSA) is 46.2 Å². The van der Waals surface area contributed by atoms with Crippen LogP contribution in [0, 0.1) is 11.8 Å². The summed E-state index contributed by atoms with van der Waals surface area (Å²) in [7, 11) is -2.86. The Morgan fingerprint density at radius 3 is 2.47 bits per heavy atom. The Hall–Kier alpha value is -0.0900. The second-order valence-corrected chi connectivity index (χ2v) is 8.06. The summed E-state index contributed by atoms with van der Waals surface area (Å²) in [5.74, 6) is 1.52. The van der Waals surface area contributed by atoms with E-state index in [1.165, 1.54) is 25.7 Å². The van der Waals surface area contributed by atoms with Gasteiger partial charge in [-0.25, -0.2) is 8.42 Å². The van der Waals surface area contributed by atoms with Gasteiger partial charge in [-0.1, -0.05) is 33.6 Å². The van der Waals surface area contributed by atoms with Gasteiger partial charge in [-0.3, -0.25) is 0 Å². The molecule has 0 aromatic carbocycles. The van der Waals surface area contributed by atoms with E-state index in [1.807, 2.05) is 13.8 Å². The van der Waals surface area contributed by atoms with E-state index >= 15 is 0 Å². The fourth-order valence-electron chi connectivity index (χ4n) is 2.61. The number of rotatable bonds is 6. The van der Waals surface area contributed by atoms with Gasteiger partial charge in [0.2, 0.25) is 0 Å². The summed E-state index contributed by atoms with van der Waals surface area (Å²) in [5, 5.41) is 3.42. The minimum Gasteiger partial charge on any atom is -0.313 e. The van der Waals surface area contributed by atoms with Crippen LogP contribution in [0.5, 0.6) is 0 Å². The Morgan fingerprint density at radius 1 is 1.24 bits per heavy atom. The molecule has 4 heteroatoms. The fraction of sp³-hybridized carbons (Fsp3) is 1.00. The molecule has 2 unspecified atom stereocenters. The van der Waals surface area contributed by atoms with Gasteiger partial charge in [0.1, 0.15) is 0 Å². The van der Waals surface area contributed by atoms with Crippen LogP contribution in [0.2, 0.25) is 0 Å². The van der Waals surface area contributed by atoms with Crippen LogP contribution in [0.25, 0.3) is 0 Å². The van der Waals surface area contributed by atoms with Crippen molar-refractivity contribution in [2.45, 2.75) is 52.5 Å². The minimum atomic E-state index is -2.86.